The average Bonchev–Trinajstić information content (AvgIpc) is 2.89. The van der Waals surface area contributed by atoms with Crippen molar-refractivity contribution in [3.05, 3.63) is 0 Å². The Bertz CT molecular complexity index is 155. The zero-order chi connectivity index (χ0) is 9.15. The lowest BCUT2D eigenvalue weighted by Crippen LogP contribution is -2.34. The fraction of sp³-hybridized carbons (Fsp3) is 1.00. The second-order valence-electron chi connectivity index (χ2n) is 5.02. The van der Waals surface area contributed by atoms with Gasteiger partial charge in [-0.25, -0.2) is 0 Å². The minimum Gasteiger partial charge on any atom is -0.316 e. The number of nitrogens with one attached hydrogen (secondary N) is 1. The highest BCUT2D eigenvalue weighted by Crippen LogP contribution is 2.54. The van der Waals surface area contributed by atoms with Crippen LogP contribution in [0.15, 0.2) is 0 Å². The standard InChI is InChI=1S/C12H23N/c1-2-9-13-10-12(11-5-6-11)7-3-4-8-12/h11,13H,2-10H2,1H3. The third-order valence-corrected chi connectivity index (χ3v) is 3.95. The van der Waals surface area contributed by atoms with E-state index in [1.165, 1.54) is 58.0 Å². The van der Waals surface area contributed by atoms with Gasteiger partial charge in [0, 0.05) is 6.54 Å². The Balaban J connectivity index is 1.82. The van der Waals surface area contributed by atoms with Gasteiger partial charge in [0.15, 0.2) is 0 Å². The maximum absolute atomic E-state index is 3.64. The first-order chi connectivity index (χ1) is 6.37. The Labute approximate surface area is 82.3 Å². The van der Waals surface area contributed by atoms with Crippen molar-refractivity contribution < 1.29 is 0 Å². The Morgan fingerprint density at radius 3 is 2.46 bits per heavy atom. The van der Waals surface area contributed by atoms with Gasteiger partial charge in [-0.3, -0.25) is 0 Å². The van der Waals surface area contributed by atoms with Crippen molar-refractivity contribution >= 4 is 0 Å². The molecule has 13 heavy (non-hydrogen) atoms. The first-order valence-electron chi connectivity index (χ1n) is 6.08. The van der Waals surface area contributed by atoms with Crippen molar-refractivity contribution in [3.63, 3.8) is 0 Å². The van der Waals surface area contributed by atoms with Gasteiger partial charge in [-0.1, -0.05) is 19.8 Å². The molecule has 0 amide bonds. The molecule has 1 nitrogen and oxygen atoms in total. The minimum atomic E-state index is 0.745. The molecule has 0 heterocycles. The lowest BCUT2D eigenvalue weighted by atomic mass is 9.81. The molecule has 0 aliphatic heterocycles. The van der Waals surface area contributed by atoms with Gasteiger partial charge in [0.1, 0.15) is 0 Å². The van der Waals surface area contributed by atoms with E-state index in [4.69, 9.17) is 0 Å². The molecule has 0 atom stereocenters. The predicted molar refractivity (Wildman–Crippen MR) is 56.8 cm³/mol. The van der Waals surface area contributed by atoms with Gasteiger partial charge in [-0.2, -0.15) is 0 Å². The molecule has 2 rings (SSSR count). The number of rotatable bonds is 5. The maximum Gasteiger partial charge on any atom is 0.00105 e. The summed E-state index contributed by atoms with van der Waals surface area (Å²) in [4.78, 5) is 0. The van der Waals surface area contributed by atoms with E-state index in [2.05, 4.69) is 12.2 Å². The molecular weight excluding hydrogens is 158 g/mol. The molecule has 0 spiro atoms. The van der Waals surface area contributed by atoms with Crippen molar-refractivity contribution in [2.24, 2.45) is 11.3 Å². The van der Waals surface area contributed by atoms with Crippen LogP contribution in [0.5, 0.6) is 0 Å². The van der Waals surface area contributed by atoms with Gasteiger partial charge in [0.2, 0.25) is 0 Å². The van der Waals surface area contributed by atoms with Crippen molar-refractivity contribution in [3.8, 4) is 0 Å². The van der Waals surface area contributed by atoms with Gasteiger partial charge in [-0.05, 0) is 50.0 Å². The first-order valence-corrected chi connectivity index (χ1v) is 6.08. The first kappa shape index (κ1) is 9.51. The molecule has 0 aromatic carbocycles. The summed E-state index contributed by atoms with van der Waals surface area (Å²) >= 11 is 0. The Kier molecular flexibility index (Phi) is 2.92. The molecule has 0 aromatic rings. The summed E-state index contributed by atoms with van der Waals surface area (Å²) in [5.74, 6) is 1.10. The molecule has 0 radical (unpaired) electrons. The summed E-state index contributed by atoms with van der Waals surface area (Å²) < 4.78 is 0. The third kappa shape index (κ3) is 2.07. The smallest absolute Gasteiger partial charge is 0.00105 e. The zero-order valence-corrected chi connectivity index (χ0v) is 8.94. The van der Waals surface area contributed by atoms with E-state index in [1.54, 1.807) is 0 Å². The Hall–Kier alpha value is -0.0400. The van der Waals surface area contributed by atoms with Crippen molar-refractivity contribution in [1.29, 1.82) is 0 Å². The van der Waals surface area contributed by atoms with E-state index in [0.717, 1.165) is 11.3 Å². The summed E-state index contributed by atoms with van der Waals surface area (Å²) in [6.45, 7) is 4.78. The maximum atomic E-state index is 3.64. The number of hydrogen-bond acceptors (Lipinski definition) is 1. The van der Waals surface area contributed by atoms with E-state index in [9.17, 15) is 0 Å². The summed E-state index contributed by atoms with van der Waals surface area (Å²) in [5.41, 5.74) is 0.745. The van der Waals surface area contributed by atoms with Gasteiger partial charge in [0.25, 0.3) is 0 Å². The molecule has 2 aliphatic carbocycles. The molecule has 0 bridgehead atoms. The summed E-state index contributed by atoms with van der Waals surface area (Å²) in [7, 11) is 0. The van der Waals surface area contributed by atoms with Gasteiger partial charge in [-0.15, -0.1) is 0 Å². The van der Waals surface area contributed by atoms with Crippen LogP contribution in [-0.2, 0) is 0 Å². The monoisotopic (exact) mass is 181 g/mol. The fourth-order valence-corrected chi connectivity index (χ4v) is 3.02. The fourth-order valence-electron chi connectivity index (χ4n) is 3.02. The van der Waals surface area contributed by atoms with E-state index < -0.39 is 0 Å². The van der Waals surface area contributed by atoms with Crippen LogP contribution >= 0.6 is 0 Å². The normalized spacial score (nSPS) is 26.5. The Morgan fingerprint density at radius 2 is 1.92 bits per heavy atom. The molecule has 2 fully saturated rings. The molecule has 2 saturated carbocycles. The van der Waals surface area contributed by atoms with Crippen LogP contribution in [0.2, 0.25) is 0 Å². The molecule has 0 saturated heterocycles. The van der Waals surface area contributed by atoms with Gasteiger partial charge >= 0.3 is 0 Å². The molecular formula is C12H23N. The minimum absolute atomic E-state index is 0.745. The second kappa shape index (κ2) is 4.00. The SMILES string of the molecule is CCCNCC1(C2CC2)CCCC1. The molecule has 0 unspecified atom stereocenters. The summed E-state index contributed by atoms with van der Waals surface area (Å²) in [6.07, 6.45) is 10.3. The molecule has 1 N–H and O–H groups in total. The van der Waals surface area contributed by atoms with Crippen LogP contribution in [0.4, 0.5) is 0 Å². The largest absolute Gasteiger partial charge is 0.316 e. The molecule has 76 valence electrons. The quantitative estimate of drug-likeness (QED) is 0.643. The lowest BCUT2D eigenvalue weighted by molar-refractivity contribution is 0.236. The van der Waals surface area contributed by atoms with Crippen molar-refractivity contribution in [2.45, 2.75) is 51.9 Å². The zero-order valence-electron chi connectivity index (χ0n) is 8.94. The van der Waals surface area contributed by atoms with E-state index in [0.29, 0.717) is 0 Å². The van der Waals surface area contributed by atoms with Crippen LogP contribution in [0, 0.1) is 11.3 Å². The van der Waals surface area contributed by atoms with Crippen LogP contribution in [0.3, 0.4) is 0 Å². The average molecular weight is 181 g/mol. The molecule has 1 heteroatoms. The van der Waals surface area contributed by atoms with Crippen LogP contribution < -0.4 is 5.32 Å². The van der Waals surface area contributed by atoms with E-state index in [1.807, 2.05) is 0 Å². The summed E-state index contributed by atoms with van der Waals surface area (Å²) in [5, 5.41) is 3.64. The second-order valence-corrected chi connectivity index (χ2v) is 5.02. The van der Waals surface area contributed by atoms with Gasteiger partial charge in [0.05, 0.1) is 0 Å². The van der Waals surface area contributed by atoms with Crippen molar-refractivity contribution in [1.82, 2.24) is 5.32 Å². The van der Waals surface area contributed by atoms with Crippen LogP contribution in [0.1, 0.15) is 51.9 Å². The van der Waals surface area contributed by atoms with Crippen molar-refractivity contribution in [2.75, 3.05) is 13.1 Å². The van der Waals surface area contributed by atoms with E-state index >= 15 is 0 Å². The Morgan fingerprint density at radius 1 is 1.23 bits per heavy atom. The third-order valence-electron chi connectivity index (χ3n) is 3.95. The number of hydrogen-bond donors (Lipinski definition) is 1. The molecule has 0 aromatic heterocycles. The lowest BCUT2D eigenvalue weighted by Gasteiger charge is -2.29. The van der Waals surface area contributed by atoms with Gasteiger partial charge < -0.3 is 5.32 Å². The molecule has 2 aliphatic rings. The highest BCUT2D eigenvalue weighted by molar-refractivity contribution is 4.98. The van der Waals surface area contributed by atoms with Crippen LogP contribution in [0.25, 0.3) is 0 Å². The highest BCUT2D eigenvalue weighted by atomic mass is 14.9. The summed E-state index contributed by atoms with van der Waals surface area (Å²) in [6, 6.07) is 0. The van der Waals surface area contributed by atoms with E-state index in [-0.39, 0.29) is 0 Å². The predicted octanol–water partition coefficient (Wildman–Crippen LogP) is 2.96. The highest BCUT2D eigenvalue weighted by Gasteiger charge is 2.45. The topological polar surface area (TPSA) is 12.0 Å². The van der Waals surface area contributed by atoms with Crippen LogP contribution in [-0.4, -0.2) is 13.1 Å².